The first-order valence-electron chi connectivity index (χ1n) is 0.651. The van der Waals surface area contributed by atoms with Gasteiger partial charge in [-0.1, -0.05) is 0 Å². The van der Waals surface area contributed by atoms with Crippen molar-refractivity contribution >= 4 is 8.25 Å². The average molecular weight is 100 g/mol. The summed E-state index contributed by atoms with van der Waals surface area (Å²) in [5.41, 5.74) is 0. The minimum Gasteiger partial charge on any atom is -0.412 e. The van der Waals surface area contributed by atoms with Crippen LogP contribution in [-0.2, 0) is 4.57 Å². The van der Waals surface area contributed by atoms with E-state index < -0.39 is 8.25 Å². The topological polar surface area (TPSA) is 89.0 Å². The highest BCUT2D eigenvalue weighted by molar-refractivity contribution is 7.30. The van der Waals surface area contributed by atoms with Crippen LogP contribution in [-0.4, -0.2) is 15.3 Å². The lowest BCUT2D eigenvalue weighted by Gasteiger charge is -1.61. The summed E-state index contributed by atoms with van der Waals surface area (Å²) in [5.74, 6) is 0. The van der Waals surface area contributed by atoms with Crippen LogP contribution in [0.1, 0.15) is 0 Å². The van der Waals surface area contributed by atoms with Crippen LogP contribution in [0.25, 0.3) is 0 Å². The molecule has 0 fully saturated rings. The fourth-order valence-corrected chi connectivity index (χ4v) is 0. The molecule has 0 aliphatic heterocycles. The van der Waals surface area contributed by atoms with E-state index in [2.05, 4.69) is 0 Å². The predicted octanol–water partition coefficient (Wildman–Crippen LogP) is -1.46. The fourth-order valence-electron chi connectivity index (χ4n) is 0. The lowest BCUT2D eigenvalue weighted by molar-refractivity contribution is 0.405. The molecule has 5 heavy (non-hydrogen) atoms. The van der Waals surface area contributed by atoms with Crippen LogP contribution in [0.3, 0.4) is 0 Å². The first-order chi connectivity index (χ1) is 1.73. The summed E-state index contributed by atoms with van der Waals surface area (Å²) in [6.07, 6.45) is 0. The van der Waals surface area contributed by atoms with Crippen LogP contribution < -0.4 is 0 Å². The van der Waals surface area contributed by atoms with E-state index in [1.807, 2.05) is 0 Å². The third-order valence-corrected chi connectivity index (χ3v) is 0. The number of hydrogen-bond acceptors (Lipinski definition) is 1. The molecule has 0 unspecified atom stereocenters. The van der Waals surface area contributed by atoms with Crippen molar-refractivity contribution in [1.82, 2.24) is 0 Å². The molecule has 0 aromatic heterocycles. The highest BCUT2D eigenvalue weighted by atomic mass is 31.1. The molecular formula is H5O4P. The predicted molar refractivity (Wildman–Crippen MR) is 17.1 cm³/mol. The van der Waals surface area contributed by atoms with Crippen molar-refractivity contribution in [2.45, 2.75) is 0 Å². The SMILES string of the molecule is O.O=[PH](O)O. The van der Waals surface area contributed by atoms with Gasteiger partial charge in [0.25, 0.3) is 0 Å². The molecule has 4 nitrogen and oxygen atoms in total. The molecule has 0 rings (SSSR count). The summed E-state index contributed by atoms with van der Waals surface area (Å²) >= 11 is 0. The summed E-state index contributed by atoms with van der Waals surface area (Å²) in [6, 6.07) is 0. The van der Waals surface area contributed by atoms with Crippen molar-refractivity contribution in [2.75, 3.05) is 0 Å². The molecule has 0 saturated carbocycles. The molecule has 34 valence electrons. The summed E-state index contributed by atoms with van der Waals surface area (Å²) in [4.78, 5) is 14.3. The van der Waals surface area contributed by atoms with Crippen molar-refractivity contribution < 1.29 is 19.8 Å². The van der Waals surface area contributed by atoms with Crippen molar-refractivity contribution in [3.8, 4) is 0 Å². The summed E-state index contributed by atoms with van der Waals surface area (Å²) in [7, 11) is -3.13. The van der Waals surface area contributed by atoms with Crippen LogP contribution in [0, 0.1) is 0 Å². The van der Waals surface area contributed by atoms with E-state index >= 15 is 0 Å². The quantitative estimate of drug-likeness (QED) is 0.364. The van der Waals surface area contributed by atoms with Crippen LogP contribution in [0.4, 0.5) is 0 Å². The van der Waals surface area contributed by atoms with E-state index in [9.17, 15) is 0 Å². The van der Waals surface area contributed by atoms with Gasteiger partial charge < -0.3 is 15.3 Å². The third kappa shape index (κ3) is 1510. The summed E-state index contributed by atoms with van der Waals surface area (Å²) in [5, 5.41) is 0. The Balaban J connectivity index is 0. The Morgan fingerprint density at radius 2 is 1.40 bits per heavy atom. The molecule has 0 aromatic carbocycles. The van der Waals surface area contributed by atoms with E-state index in [4.69, 9.17) is 14.4 Å². The van der Waals surface area contributed by atoms with Crippen LogP contribution in [0.2, 0.25) is 0 Å². The van der Waals surface area contributed by atoms with E-state index in [0.717, 1.165) is 0 Å². The van der Waals surface area contributed by atoms with E-state index in [1.54, 1.807) is 0 Å². The largest absolute Gasteiger partial charge is 0.412 e. The van der Waals surface area contributed by atoms with Gasteiger partial charge in [-0.2, -0.15) is 0 Å². The van der Waals surface area contributed by atoms with Crippen molar-refractivity contribution in [3.63, 3.8) is 0 Å². The van der Waals surface area contributed by atoms with Gasteiger partial charge in [0.15, 0.2) is 0 Å². The fraction of sp³-hybridized carbons (Fsp3) is 0. The van der Waals surface area contributed by atoms with Crippen LogP contribution >= 0.6 is 8.25 Å². The molecule has 0 radical (unpaired) electrons. The highest BCUT2D eigenvalue weighted by Gasteiger charge is 1.61. The van der Waals surface area contributed by atoms with Gasteiger partial charge in [0.1, 0.15) is 0 Å². The molecule has 0 bridgehead atoms. The minimum atomic E-state index is -3.13. The second kappa shape index (κ2) is 4.11. The van der Waals surface area contributed by atoms with Gasteiger partial charge in [0.05, 0.1) is 0 Å². The minimum absolute atomic E-state index is 0. The first kappa shape index (κ1) is 8.92. The first-order valence-corrected chi connectivity index (χ1v) is 1.95. The molecule has 0 aliphatic rings. The molecule has 0 aliphatic carbocycles. The third-order valence-electron chi connectivity index (χ3n) is 0. The zero-order valence-corrected chi connectivity index (χ0v) is 3.30. The molecule has 4 N–H and O–H groups in total. The Hall–Kier alpha value is 0.110. The lowest BCUT2D eigenvalue weighted by atomic mass is 15.8. The molecule has 0 spiro atoms. The van der Waals surface area contributed by atoms with Gasteiger partial charge in [-0.15, -0.1) is 0 Å². The molecule has 0 aromatic rings. The second-order valence-corrected chi connectivity index (χ2v) is 0.848. The molecular weight excluding hydrogens is 95.0 g/mol. The normalized spacial score (nSPS) is 7.00. The number of rotatable bonds is 0. The highest BCUT2D eigenvalue weighted by Crippen LogP contribution is 1.98. The van der Waals surface area contributed by atoms with E-state index in [-0.39, 0.29) is 5.48 Å². The van der Waals surface area contributed by atoms with Gasteiger partial charge in [0.2, 0.25) is 0 Å². The Kier molecular flexibility index (Phi) is 7.34. The zero-order valence-electron chi connectivity index (χ0n) is 2.30. The molecule has 5 heteroatoms. The Labute approximate surface area is 29.3 Å². The molecule has 0 heterocycles. The molecule has 0 atom stereocenters. The van der Waals surface area contributed by atoms with E-state index in [1.165, 1.54) is 0 Å². The molecule has 0 amide bonds. The maximum Gasteiger partial charge on any atom is 0.314 e. The van der Waals surface area contributed by atoms with Crippen molar-refractivity contribution in [3.05, 3.63) is 0 Å². The van der Waals surface area contributed by atoms with Gasteiger partial charge in [0, 0.05) is 0 Å². The monoisotopic (exact) mass is 100.0 g/mol. The summed E-state index contributed by atoms with van der Waals surface area (Å²) in [6.45, 7) is 0. The van der Waals surface area contributed by atoms with Crippen LogP contribution in [0.5, 0.6) is 0 Å². The summed E-state index contributed by atoms with van der Waals surface area (Å²) < 4.78 is 8.74. The standard InChI is InChI=1S/H3O3P.H2O/c1-4(2)3;/h4H,(H2,1,2,3);1H2. The Morgan fingerprint density at radius 1 is 1.40 bits per heavy atom. The smallest absolute Gasteiger partial charge is 0.314 e. The zero-order chi connectivity index (χ0) is 3.58. The lowest BCUT2D eigenvalue weighted by Crippen LogP contribution is -1.38. The Bertz CT molecular complexity index is 26.6. The van der Waals surface area contributed by atoms with E-state index in [0.29, 0.717) is 0 Å². The van der Waals surface area contributed by atoms with Gasteiger partial charge in [-0.05, 0) is 0 Å². The Morgan fingerprint density at radius 3 is 1.40 bits per heavy atom. The maximum atomic E-state index is 8.74. The average Bonchev–Trinajstić information content (AvgIpc) is 0.811. The van der Waals surface area contributed by atoms with Crippen molar-refractivity contribution in [2.24, 2.45) is 0 Å². The molecule has 0 saturated heterocycles. The van der Waals surface area contributed by atoms with Gasteiger partial charge in [-0.25, -0.2) is 0 Å². The second-order valence-electron chi connectivity index (χ2n) is 0.283. The van der Waals surface area contributed by atoms with Gasteiger partial charge in [-0.3, -0.25) is 4.57 Å². The number of hydrogen-bond donors (Lipinski definition) is 2. The van der Waals surface area contributed by atoms with Crippen molar-refractivity contribution in [1.29, 1.82) is 0 Å². The maximum absolute atomic E-state index is 8.74. The van der Waals surface area contributed by atoms with Gasteiger partial charge >= 0.3 is 8.25 Å². The van der Waals surface area contributed by atoms with Crippen LogP contribution in [0.15, 0.2) is 0 Å².